The quantitative estimate of drug-likeness (QED) is 0.685. The zero-order chi connectivity index (χ0) is 9.84. The Balaban J connectivity index is 2.72. The highest BCUT2D eigenvalue weighted by Gasteiger charge is 2.05. The fourth-order valence-electron chi connectivity index (χ4n) is 0.774. The number of hydrogen-bond donors (Lipinski definition) is 2. The van der Waals surface area contributed by atoms with Crippen LogP contribution in [0.1, 0.15) is 0 Å². The van der Waals surface area contributed by atoms with Crippen LogP contribution >= 0.6 is 0 Å². The van der Waals surface area contributed by atoms with Crippen molar-refractivity contribution in [2.45, 2.75) is 0 Å². The number of aliphatic carboxylic acids is 1. The molecule has 0 saturated heterocycles. The number of anilines is 1. The molecule has 3 N–H and O–H groups in total. The maximum Gasteiger partial charge on any atom is 0.341 e. The second-order valence-electron chi connectivity index (χ2n) is 2.37. The van der Waals surface area contributed by atoms with E-state index in [1.165, 1.54) is 12.1 Å². The van der Waals surface area contributed by atoms with Crippen LogP contribution in [0.2, 0.25) is 0 Å². The van der Waals surface area contributed by atoms with Crippen LogP contribution in [-0.2, 0) is 4.79 Å². The average Bonchev–Trinajstić information content (AvgIpc) is 2.02. The van der Waals surface area contributed by atoms with E-state index in [9.17, 15) is 9.18 Å². The largest absolute Gasteiger partial charge is 0.479 e. The molecule has 0 radical (unpaired) electrons. The summed E-state index contributed by atoms with van der Waals surface area (Å²) in [5.74, 6) is -1.94. The molecule has 5 heteroatoms. The third kappa shape index (κ3) is 2.62. The minimum atomic E-state index is -1.16. The highest BCUT2D eigenvalue weighted by Crippen LogP contribution is 2.18. The molecule has 0 aliphatic carbocycles. The van der Waals surface area contributed by atoms with Crippen molar-refractivity contribution in [2.24, 2.45) is 0 Å². The first-order chi connectivity index (χ1) is 6.09. The van der Waals surface area contributed by atoms with Crippen LogP contribution < -0.4 is 10.5 Å². The minimum absolute atomic E-state index is 0.114. The average molecular weight is 185 g/mol. The van der Waals surface area contributed by atoms with E-state index in [4.69, 9.17) is 10.8 Å². The number of carbonyl (C=O) groups is 1. The van der Waals surface area contributed by atoms with Crippen LogP contribution in [0.15, 0.2) is 18.2 Å². The summed E-state index contributed by atoms with van der Waals surface area (Å²) in [5.41, 5.74) is 5.54. The number of halogens is 1. The fraction of sp³-hybridized carbons (Fsp3) is 0.125. The summed E-state index contributed by atoms with van der Waals surface area (Å²) >= 11 is 0. The lowest BCUT2D eigenvalue weighted by atomic mass is 10.3. The molecule has 0 atom stereocenters. The summed E-state index contributed by atoms with van der Waals surface area (Å²) < 4.78 is 17.5. The van der Waals surface area contributed by atoms with Crippen molar-refractivity contribution in [1.29, 1.82) is 0 Å². The number of nitrogens with two attached hydrogens (primary N) is 1. The van der Waals surface area contributed by atoms with Crippen LogP contribution in [0.5, 0.6) is 5.75 Å². The highest BCUT2D eigenvalue weighted by molar-refractivity contribution is 5.68. The van der Waals surface area contributed by atoms with Gasteiger partial charge in [-0.25, -0.2) is 9.18 Å². The van der Waals surface area contributed by atoms with Gasteiger partial charge in [0.15, 0.2) is 18.2 Å². The van der Waals surface area contributed by atoms with Crippen molar-refractivity contribution in [2.75, 3.05) is 12.3 Å². The van der Waals surface area contributed by atoms with E-state index < -0.39 is 18.4 Å². The zero-order valence-electron chi connectivity index (χ0n) is 6.66. The molecule has 0 bridgehead atoms. The molecular weight excluding hydrogens is 177 g/mol. The van der Waals surface area contributed by atoms with Gasteiger partial charge in [-0.2, -0.15) is 0 Å². The first-order valence-electron chi connectivity index (χ1n) is 3.49. The van der Waals surface area contributed by atoms with Crippen LogP contribution in [0.25, 0.3) is 0 Å². The maximum absolute atomic E-state index is 12.9. The van der Waals surface area contributed by atoms with Gasteiger partial charge in [0.1, 0.15) is 0 Å². The lowest BCUT2D eigenvalue weighted by Gasteiger charge is -2.04. The van der Waals surface area contributed by atoms with Crippen molar-refractivity contribution < 1.29 is 19.0 Å². The van der Waals surface area contributed by atoms with E-state index in [-0.39, 0.29) is 11.4 Å². The number of hydrogen-bond acceptors (Lipinski definition) is 3. The molecule has 1 rings (SSSR count). The van der Waals surface area contributed by atoms with Gasteiger partial charge >= 0.3 is 5.97 Å². The Bertz CT molecular complexity index is 327. The number of benzene rings is 1. The summed E-state index contributed by atoms with van der Waals surface area (Å²) in [7, 11) is 0. The second-order valence-corrected chi connectivity index (χ2v) is 2.37. The summed E-state index contributed by atoms with van der Waals surface area (Å²) in [4.78, 5) is 10.1. The molecule has 70 valence electrons. The molecule has 13 heavy (non-hydrogen) atoms. The van der Waals surface area contributed by atoms with Crippen LogP contribution in [0, 0.1) is 5.82 Å². The Morgan fingerprint density at radius 1 is 1.62 bits per heavy atom. The number of nitrogen functional groups attached to an aromatic ring is 1. The fourth-order valence-corrected chi connectivity index (χ4v) is 0.774. The Labute approximate surface area is 73.7 Å². The number of rotatable bonds is 3. The summed E-state index contributed by atoms with van der Waals surface area (Å²) in [5, 5.41) is 8.25. The van der Waals surface area contributed by atoms with Gasteiger partial charge in [0, 0.05) is 11.8 Å². The van der Waals surface area contributed by atoms with Gasteiger partial charge in [-0.3, -0.25) is 0 Å². The van der Waals surface area contributed by atoms with Crippen molar-refractivity contribution in [3.05, 3.63) is 24.0 Å². The zero-order valence-corrected chi connectivity index (χ0v) is 6.66. The summed E-state index contributed by atoms with van der Waals surface area (Å²) in [6.45, 7) is -0.569. The molecule has 1 aromatic rings. The molecule has 0 saturated carbocycles. The molecule has 4 nitrogen and oxygen atoms in total. The van der Waals surface area contributed by atoms with Crippen molar-refractivity contribution in [3.63, 3.8) is 0 Å². The maximum atomic E-state index is 12.9. The van der Waals surface area contributed by atoms with Gasteiger partial charge in [0.25, 0.3) is 0 Å². The lowest BCUT2D eigenvalue weighted by molar-refractivity contribution is -0.139. The Morgan fingerprint density at radius 2 is 2.31 bits per heavy atom. The number of carboxylic acids is 1. The summed E-state index contributed by atoms with van der Waals surface area (Å²) in [6, 6.07) is 3.78. The van der Waals surface area contributed by atoms with E-state index >= 15 is 0 Å². The molecule has 0 aliphatic rings. The molecule has 0 aliphatic heterocycles. The van der Waals surface area contributed by atoms with Crippen LogP contribution in [0.3, 0.4) is 0 Å². The SMILES string of the molecule is Nc1ccc(OCC(=O)O)c(F)c1. The van der Waals surface area contributed by atoms with E-state index in [0.29, 0.717) is 0 Å². The van der Waals surface area contributed by atoms with Crippen LogP contribution in [-0.4, -0.2) is 17.7 Å². The van der Waals surface area contributed by atoms with Gasteiger partial charge in [-0.1, -0.05) is 0 Å². The third-order valence-corrected chi connectivity index (χ3v) is 1.31. The van der Waals surface area contributed by atoms with Gasteiger partial charge in [-0.15, -0.1) is 0 Å². The van der Waals surface area contributed by atoms with E-state index in [2.05, 4.69) is 4.74 Å². The molecule has 0 amide bonds. The van der Waals surface area contributed by atoms with E-state index in [1.807, 2.05) is 0 Å². The molecule has 0 spiro atoms. The molecular formula is C8H8FNO3. The highest BCUT2D eigenvalue weighted by atomic mass is 19.1. The first kappa shape index (κ1) is 9.31. The monoisotopic (exact) mass is 185 g/mol. The number of carboxylic acid groups (broad SMARTS) is 1. The standard InChI is InChI=1S/C8H8FNO3/c9-6-3-5(10)1-2-7(6)13-4-8(11)12/h1-3H,4,10H2,(H,11,12). The first-order valence-corrected chi connectivity index (χ1v) is 3.49. The molecule has 0 unspecified atom stereocenters. The topological polar surface area (TPSA) is 72.5 Å². The Morgan fingerprint density at radius 3 is 2.85 bits per heavy atom. The minimum Gasteiger partial charge on any atom is -0.479 e. The Kier molecular flexibility index (Phi) is 2.69. The third-order valence-electron chi connectivity index (χ3n) is 1.31. The lowest BCUT2D eigenvalue weighted by Crippen LogP contribution is -2.10. The van der Waals surface area contributed by atoms with Gasteiger partial charge < -0.3 is 15.6 Å². The number of ether oxygens (including phenoxy) is 1. The van der Waals surface area contributed by atoms with Crippen molar-refractivity contribution in [3.8, 4) is 5.75 Å². The Hall–Kier alpha value is -1.78. The molecule has 0 aromatic heterocycles. The van der Waals surface area contributed by atoms with E-state index in [1.54, 1.807) is 0 Å². The predicted octanol–water partition coefficient (Wildman–Crippen LogP) is 0.871. The normalized spacial score (nSPS) is 9.62. The summed E-state index contributed by atoms with van der Waals surface area (Å²) in [6.07, 6.45) is 0. The van der Waals surface area contributed by atoms with E-state index in [0.717, 1.165) is 6.07 Å². The van der Waals surface area contributed by atoms with Crippen LogP contribution in [0.4, 0.5) is 10.1 Å². The predicted molar refractivity (Wildman–Crippen MR) is 43.9 cm³/mol. The van der Waals surface area contributed by atoms with Crippen molar-refractivity contribution >= 4 is 11.7 Å². The molecule has 0 fully saturated rings. The smallest absolute Gasteiger partial charge is 0.341 e. The second kappa shape index (κ2) is 3.75. The molecule has 0 heterocycles. The molecule has 1 aromatic carbocycles. The van der Waals surface area contributed by atoms with Gasteiger partial charge in [0.05, 0.1) is 0 Å². The van der Waals surface area contributed by atoms with Gasteiger partial charge in [-0.05, 0) is 12.1 Å². The van der Waals surface area contributed by atoms with Crippen molar-refractivity contribution in [1.82, 2.24) is 0 Å². The van der Waals surface area contributed by atoms with Gasteiger partial charge in [0.2, 0.25) is 0 Å².